The Labute approximate surface area is 107 Å². The third-order valence-electron chi connectivity index (χ3n) is 2.38. The number of benzene rings is 1. The number of carbonyl (C=O) groups is 1. The summed E-state index contributed by atoms with van der Waals surface area (Å²) in [6.45, 7) is 0. The van der Waals surface area contributed by atoms with Gasteiger partial charge in [-0.05, 0) is 12.1 Å². The average molecular weight is 256 g/mol. The van der Waals surface area contributed by atoms with Crippen molar-refractivity contribution < 1.29 is 15.0 Å². The number of nitrogens with zero attached hydrogens (tertiary/aromatic N) is 3. The van der Waals surface area contributed by atoms with E-state index in [1.165, 1.54) is 6.07 Å². The highest BCUT2D eigenvalue weighted by Crippen LogP contribution is 2.25. The highest BCUT2D eigenvalue weighted by molar-refractivity contribution is 5.95. The second-order valence-corrected chi connectivity index (χ2v) is 3.63. The number of rotatable bonds is 2. The Hall–Kier alpha value is -3.14. The summed E-state index contributed by atoms with van der Waals surface area (Å²) in [5.41, 5.74) is 5.78. The normalized spacial score (nSPS) is 9.84. The maximum absolute atomic E-state index is 10.8. The summed E-state index contributed by atoms with van der Waals surface area (Å²) < 4.78 is 0. The van der Waals surface area contributed by atoms with Crippen molar-refractivity contribution in [2.75, 3.05) is 5.73 Å². The van der Waals surface area contributed by atoms with Crippen molar-refractivity contribution in [3.63, 3.8) is 0 Å². The molecule has 0 radical (unpaired) electrons. The fraction of sp³-hybridized carbons (Fsp3) is 0. The predicted octanol–water partition coefficient (Wildman–Crippen LogP) is 1.00. The number of aromatic carboxylic acids is 1. The monoisotopic (exact) mass is 256 g/mol. The Kier molecular flexibility index (Phi) is 3.00. The van der Waals surface area contributed by atoms with Crippen molar-refractivity contribution in [2.45, 2.75) is 0 Å². The van der Waals surface area contributed by atoms with Gasteiger partial charge in [0.25, 0.3) is 0 Å². The number of carboxylic acid groups (broad SMARTS) is 1. The van der Waals surface area contributed by atoms with Crippen molar-refractivity contribution in [1.82, 2.24) is 9.97 Å². The zero-order chi connectivity index (χ0) is 14.0. The van der Waals surface area contributed by atoms with Gasteiger partial charge in [-0.1, -0.05) is 12.1 Å². The Balaban J connectivity index is 2.59. The lowest BCUT2D eigenvalue weighted by atomic mass is 10.1. The second kappa shape index (κ2) is 4.62. The van der Waals surface area contributed by atoms with E-state index < -0.39 is 17.4 Å². The summed E-state index contributed by atoms with van der Waals surface area (Å²) >= 11 is 0. The Morgan fingerprint density at radius 3 is 2.68 bits per heavy atom. The van der Waals surface area contributed by atoms with E-state index >= 15 is 0 Å². The molecule has 0 fully saturated rings. The van der Waals surface area contributed by atoms with Gasteiger partial charge < -0.3 is 15.9 Å². The van der Waals surface area contributed by atoms with E-state index in [-0.39, 0.29) is 11.6 Å². The fourth-order valence-electron chi connectivity index (χ4n) is 1.53. The molecule has 7 heteroatoms. The molecule has 2 aromatic rings. The molecule has 0 aliphatic heterocycles. The molecule has 0 unspecified atom stereocenters. The maximum Gasteiger partial charge on any atom is 0.345 e. The van der Waals surface area contributed by atoms with Crippen LogP contribution in [0.25, 0.3) is 11.4 Å². The van der Waals surface area contributed by atoms with Crippen molar-refractivity contribution in [2.24, 2.45) is 0 Å². The quantitative estimate of drug-likeness (QED) is 0.729. The summed E-state index contributed by atoms with van der Waals surface area (Å²) in [6, 6.07) is 8.30. The molecule has 4 N–H and O–H groups in total. The molecule has 0 aliphatic carbocycles. The first kappa shape index (κ1) is 12.3. The first-order chi connectivity index (χ1) is 9.02. The smallest absolute Gasteiger partial charge is 0.345 e. The van der Waals surface area contributed by atoms with Crippen molar-refractivity contribution in [1.29, 1.82) is 5.26 Å². The van der Waals surface area contributed by atoms with E-state index in [9.17, 15) is 9.90 Å². The van der Waals surface area contributed by atoms with Crippen molar-refractivity contribution in [3.05, 3.63) is 35.4 Å². The number of nitrogen functional groups attached to an aromatic ring is 1. The van der Waals surface area contributed by atoms with Gasteiger partial charge in [0.2, 0.25) is 5.88 Å². The fourth-order valence-corrected chi connectivity index (χ4v) is 1.53. The van der Waals surface area contributed by atoms with Crippen LogP contribution in [0.15, 0.2) is 24.3 Å². The highest BCUT2D eigenvalue weighted by Gasteiger charge is 2.18. The minimum absolute atomic E-state index is 0.0529. The van der Waals surface area contributed by atoms with E-state index in [0.717, 1.165) is 0 Å². The molecule has 1 aromatic heterocycles. The molecule has 0 aliphatic rings. The summed E-state index contributed by atoms with van der Waals surface area (Å²) in [5.74, 6) is -2.40. The van der Waals surface area contributed by atoms with Gasteiger partial charge in [-0.15, -0.1) is 0 Å². The van der Waals surface area contributed by atoms with Crippen LogP contribution < -0.4 is 5.73 Å². The summed E-state index contributed by atoms with van der Waals surface area (Å²) in [5, 5.41) is 27.2. The van der Waals surface area contributed by atoms with Gasteiger partial charge in [-0.3, -0.25) is 0 Å². The number of nitriles is 1. The minimum Gasteiger partial charge on any atom is -0.493 e. The Bertz CT molecular complexity index is 683. The zero-order valence-electron chi connectivity index (χ0n) is 9.53. The van der Waals surface area contributed by atoms with Gasteiger partial charge in [0.05, 0.1) is 11.6 Å². The van der Waals surface area contributed by atoms with Gasteiger partial charge in [0.1, 0.15) is 5.82 Å². The van der Waals surface area contributed by atoms with E-state index in [4.69, 9.17) is 16.1 Å². The van der Waals surface area contributed by atoms with Crippen LogP contribution in [0.1, 0.15) is 15.9 Å². The lowest BCUT2D eigenvalue weighted by Crippen LogP contribution is -2.07. The molecule has 0 saturated carbocycles. The standard InChI is InChI=1S/C12H8N4O3/c13-5-6-2-1-3-7(4-6)10-15-9(14)8(12(18)19)11(17)16-10/h1-4H,(H,18,19)(H3,14,15,16,17). The Morgan fingerprint density at radius 1 is 1.37 bits per heavy atom. The van der Waals surface area contributed by atoms with Crippen molar-refractivity contribution in [3.8, 4) is 23.3 Å². The molecule has 94 valence electrons. The number of aromatic nitrogens is 2. The molecule has 1 heterocycles. The molecule has 2 rings (SSSR count). The highest BCUT2D eigenvalue weighted by atomic mass is 16.4. The SMILES string of the molecule is N#Cc1cccc(-c2nc(N)c(C(=O)O)c(O)n2)c1. The number of hydrogen-bond donors (Lipinski definition) is 3. The molecule has 0 saturated heterocycles. The van der Waals surface area contributed by atoms with Crippen LogP contribution in [0.5, 0.6) is 5.88 Å². The molecule has 0 bridgehead atoms. The van der Waals surface area contributed by atoms with Crippen LogP contribution >= 0.6 is 0 Å². The number of carboxylic acids is 1. The van der Waals surface area contributed by atoms with Crippen LogP contribution in [0, 0.1) is 11.3 Å². The lowest BCUT2D eigenvalue weighted by Gasteiger charge is -2.06. The topological polar surface area (TPSA) is 133 Å². The number of anilines is 1. The van der Waals surface area contributed by atoms with Crippen LogP contribution in [0.2, 0.25) is 0 Å². The molecular weight excluding hydrogens is 248 g/mol. The third kappa shape index (κ3) is 2.28. The number of aromatic hydroxyl groups is 1. The number of nitrogens with two attached hydrogens (primary N) is 1. The zero-order valence-corrected chi connectivity index (χ0v) is 9.53. The first-order valence-corrected chi connectivity index (χ1v) is 5.13. The summed E-state index contributed by atoms with van der Waals surface area (Å²) in [7, 11) is 0. The van der Waals surface area contributed by atoms with E-state index in [2.05, 4.69) is 9.97 Å². The van der Waals surface area contributed by atoms with Gasteiger partial charge in [0, 0.05) is 5.56 Å². The van der Waals surface area contributed by atoms with E-state index in [0.29, 0.717) is 11.1 Å². The van der Waals surface area contributed by atoms with Crippen molar-refractivity contribution >= 4 is 11.8 Å². The molecule has 1 aromatic carbocycles. The molecule has 0 amide bonds. The maximum atomic E-state index is 10.8. The molecule has 7 nitrogen and oxygen atoms in total. The van der Waals surface area contributed by atoms with Gasteiger partial charge in [-0.2, -0.15) is 10.2 Å². The third-order valence-corrected chi connectivity index (χ3v) is 2.38. The largest absolute Gasteiger partial charge is 0.493 e. The number of hydrogen-bond acceptors (Lipinski definition) is 6. The Morgan fingerprint density at radius 2 is 2.11 bits per heavy atom. The molecule has 0 atom stereocenters. The second-order valence-electron chi connectivity index (χ2n) is 3.63. The van der Waals surface area contributed by atoms with Crippen LogP contribution in [0.4, 0.5) is 5.82 Å². The molecule has 0 spiro atoms. The van der Waals surface area contributed by atoms with Gasteiger partial charge in [0.15, 0.2) is 11.4 Å². The molecule has 19 heavy (non-hydrogen) atoms. The predicted molar refractivity (Wildman–Crippen MR) is 65.2 cm³/mol. The van der Waals surface area contributed by atoms with Gasteiger partial charge in [-0.25, -0.2) is 9.78 Å². The average Bonchev–Trinajstić information content (AvgIpc) is 2.37. The van der Waals surface area contributed by atoms with Gasteiger partial charge >= 0.3 is 5.97 Å². The molecular formula is C12H8N4O3. The van der Waals surface area contributed by atoms with E-state index in [1.54, 1.807) is 18.2 Å². The summed E-state index contributed by atoms with van der Waals surface area (Å²) in [6.07, 6.45) is 0. The van der Waals surface area contributed by atoms with E-state index in [1.807, 2.05) is 6.07 Å². The van der Waals surface area contributed by atoms with Crippen LogP contribution in [0.3, 0.4) is 0 Å². The summed E-state index contributed by atoms with van der Waals surface area (Å²) in [4.78, 5) is 18.3. The van der Waals surface area contributed by atoms with Crippen LogP contribution in [-0.4, -0.2) is 26.2 Å². The van der Waals surface area contributed by atoms with Crippen LogP contribution in [-0.2, 0) is 0 Å². The lowest BCUT2D eigenvalue weighted by molar-refractivity contribution is 0.0694. The first-order valence-electron chi connectivity index (χ1n) is 5.13. The minimum atomic E-state index is -1.41.